The molecule has 31 heavy (non-hydrogen) atoms. The number of amides is 1. The van der Waals surface area contributed by atoms with Crippen LogP contribution >= 0.6 is 0 Å². The average Bonchev–Trinajstić information content (AvgIpc) is 2.73. The molecule has 0 saturated heterocycles. The van der Waals surface area contributed by atoms with Gasteiger partial charge in [0.15, 0.2) is 0 Å². The van der Waals surface area contributed by atoms with Crippen molar-refractivity contribution >= 4 is 17.6 Å². The van der Waals surface area contributed by atoms with Crippen molar-refractivity contribution in [2.75, 3.05) is 11.5 Å². The Bertz CT molecular complexity index is 857. The van der Waals surface area contributed by atoms with Crippen molar-refractivity contribution < 1.29 is 32.6 Å². The highest BCUT2D eigenvalue weighted by Gasteiger charge is 2.38. The van der Waals surface area contributed by atoms with Crippen molar-refractivity contribution in [3.63, 3.8) is 0 Å². The Labute approximate surface area is 179 Å². The van der Waals surface area contributed by atoms with Crippen LogP contribution in [0.4, 0.5) is 18.9 Å². The smallest absolute Gasteiger partial charge is 0.416 e. The Morgan fingerprint density at radius 1 is 1.23 bits per heavy atom. The molecule has 1 aromatic rings. The number of aliphatic hydroxyl groups is 1. The van der Waals surface area contributed by atoms with E-state index in [0.717, 1.165) is 25.0 Å². The van der Waals surface area contributed by atoms with E-state index in [2.05, 4.69) is 0 Å². The van der Waals surface area contributed by atoms with Crippen LogP contribution in [0, 0.1) is 11.8 Å². The molecule has 1 saturated carbocycles. The number of carbonyl (C=O) groups is 2. The lowest BCUT2D eigenvalue weighted by molar-refractivity contribution is -0.144. The van der Waals surface area contributed by atoms with Crippen LogP contribution in [0.15, 0.2) is 30.0 Å². The normalized spacial score (nSPS) is 25.3. The molecule has 170 valence electrons. The first-order chi connectivity index (χ1) is 14.7. The van der Waals surface area contributed by atoms with Gasteiger partial charge in [0.1, 0.15) is 0 Å². The molecule has 8 heteroatoms. The summed E-state index contributed by atoms with van der Waals surface area (Å²) in [4.78, 5) is 26.6. The van der Waals surface area contributed by atoms with Gasteiger partial charge in [-0.2, -0.15) is 13.2 Å². The number of rotatable bonds is 4. The number of alkyl halides is 3. The van der Waals surface area contributed by atoms with Crippen LogP contribution in [0.2, 0.25) is 0 Å². The fourth-order valence-corrected chi connectivity index (χ4v) is 4.51. The molecule has 0 bridgehead atoms. The van der Waals surface area contributed by atoms with Gasteiger partial charge in [0.2, 0.25) is 5.91 Å². The Balaban J connectivity index is 1.79. The number of carbonyl (C=O) groups excluding carboxylic acids is 2. The number of anilines is 1. The molecule has 1 atom stereocenters. The molecule has 1 heterocycles. The number of fused-ring (bicyclic) bond motifs is 1. The highest BCUT2D eigenvalue weighted by Crippen LogP contribution is 2.44. The topological polar surface area (TPSA) is 66.8 Å². The molecular weight excluding hydrogens is 411 g/mol. The average molecular weight is 439 g/mol. The second kappa shape index (κ2) is 9.42. The molecule has 1 amide bonds. The maximum absolute atomic E-state index is 13.4. The molecule has 5 nitrogen and oxygen atoms in total. The molecule has 1 aromatic carbocycles. The zero-order valence-corrected chi connectivity index (χ0v) is 17.7. The highest BCUT2D eigenvalue weighted by atomic mass is 19.4. The molecule has 1 N–H and O–H groups in total. The Kier molecular flexibility index (Phi) is 7.09. The summed E-state index contributed by atoms with van der Waals surface area (Å²) in [6, 6.07) is 3.15. The first kappa shape index (κ1) is 23.3. The predicted octanol–water partition coefficient (Wildman–Crippen LogP) is 5.14. The minimum Gasteiger partial charge on any atom is -0.466 e. The molecule has 1 unspecified atom stereocenters. The molecule has 0 spiro atoms. The highest BCUT2D eigenvalue weighted by molar-refractivity contribution is 5.99. The van der Waals surface area contributed by atoms with Crippen molar-refractivity contribution in [2.45, 2.75) is 64.7 Å². The third-order valence-corrected chi connectivity index (χ3v) is 6.15. The van der Waals surface area contributed by atoms with Gasteiger partial charge in [0, 0.05) is 30.0 Å². The van der Waals surface area contributed by atoms with Crippen molar-refractivity contribution in [2.24, 2.45) is 11.8 Å². The van der Waals surface area contributed by atoms with Crippen LogP contribution in [0.5, 0.6) is 0 Å². The number of esters is 1. The van der Waals surface area contributed by atoms with E-state index < -0.39 is 17.8 Å². The molecule has 1 aliphatic carbocycles. The van der Waals surface area contributed by atoms with Crippen LogP contribution in [-0.4, -0.2) is 23.6 Å². The summed E-state index contributed by atoms with van der Waals surface area (Å²) >= 11 is 0. The standard InChI is InChI=1S/C23H28F3NO4/c1-3-17-13-20(28)18-12-16(23(24,25)26)9-10-19(18)27(17)22(30)15-7-5-14(6-8-15)11-21(29)31-4-2/h3,9-10,12,14-15,20,28H,4-8,11,13H2,1-2H3/b17-3+. The van der Waals surface area contributed by atoms with E-state index in [1.807, 2.05) is 0 Å². The third kappa shape index (κ3) is 5.11. The van der Waals surface area contributed by atoms with Crippen LogP contribution in [0.1, 0.15) is 69.6 Å². The summed E-state index contributed by atoms with van der Waals surface area (Å²) in [6.45, 7) is 3.85. The zero-order chi connectivity index (χ0) is 22.8. The number of allylic oxidation sites excluding steroid dienone is 1. The van der Waals surface area contributed by atoms with E-state index >= 15 is 0 Å². The summed E-state index contributed by atoms with van der Waals surface area (Å²) in [5.74, 6) is -0.503. The quantitative estimate of drug-likeness (QED) is 0.660. The molecule has 3 rings (SSSR count). The fraction of sp³-hybridized carbons (Fsp3) is 0.565. The van der Waals surface area contributed by atoms with E-state index in [-0.39, 0.29) is 35.7 Å². The van der Waals surface area contributed by atoms with Gasteiger partial charge in [-0.3, -0.25) is 14.5 Å². The first-order valence-corrected chi connectivity index (χ1v) is 10.7. The van der Waals surface area contributed by atoms with Crippen LogP contribution < -0.4 is 4.90 Å². The second-order valence-electron chi connectivity index (χ2n) is 8.17. The van der Waals surface area contributed by atoms with Gasteiger partial charge >= 0.3 is 12.1 Å². The van der Waals surface area contributed by atoms with Crippen molar-refractivity contribution in [3.8, 4) is 0 Å². The van der Waals surface area contributed by atoms with E-state index in [1.165, 1.54) is 11.0 Å². The monoisotopic (exact) mass is 439 g/mol. The second-order valence-corrected chi connectivity index (χ2v) is 8.17. The summed E-state index contributed by atoms with van der Waals surface area (Å²) in [5.41, 5.74) is 0.155. The fourth-order valence-electron chi connectivity index (χ4n) is 4.51. The molecule has 0 aromatic heterocycles. The van der Waals surface area contributed by atoms with Gasteiger partial charge in [0.05, 0.1) is 24.0 Å². The van der Waals surface area contributed by atoms with E-state index in [4.69, 9.17) is 4.74 Å². The number of hydrogen-bond donors (Lipinski definition) is 1. The summed E-state index contributed by atoms with van der Waals surface area (Å²) < 4.78 is 44.4. The minimum absolute atomic E-state index is 0.0781. The SMILES string of the molecule is C/C=C1\CC(O)c2cc(C(F)(F)F)ccc2N1C(=O)C1CCC(CC(=O)OCC)CC1. The first-order valence-electron chi connectivity index (χ1n) is 10.7. The largest absolute Gasteiger partial charge is 0.466 e. The number of benzene rings is 1. The van der Waals surface area contributed by atoms with Crippen LogP contribution in [-0.2, 0) is 20.5 Å². The van der Waals surface area contributed by atoms with Gasteiger partial charge in [-0.25, -0.2) is 0 Å². The third-order valence-electron chi connectivity index (χ3n) is 6.15. The number of hydrogen-bond acceptors (Lipinski definition) is 4. The van der Waals surface area contributed by atoms with Gasteiger partial charge < -0.3 is 9.84 Å². The van der Waals surface area contributed by atoms with Gasteiger partial charge in [-0.1, -0.05) is 6.08 Å². The number of halogens is 3. The lowest BCUT2D eigenvalue weighted by Gasteiger charge is -2.38. The predicted molar refractivity (Wildman–Crippen MR) is 109 cm³/mol. The van der Waals surface area contributed by atoms with Crippen molar-refractivity contribution in [1.82, 2.24) is 0 Å². The Hall–Kier alpha value is -2.35. The van der Waals surface area contributed by atoms with Gasteiger partial charge in [-0.15, -0.1) is 0 Å². The number of nitrogens with zero attached hydrogens (tertiary/aromatic N) is 1. The van der Waals surface area contributed by atoms with Crippen LogP contribution in [0.25, 0.3) is 0 Å². The summed E-state index contributed by atoms with van der Waals surface area (Å²) in [5, 5.41) is 10.4. The Morgan fingerprint density at radius 3 is 2.48 bits per heavy atom. The van der Waals surface area contributed by atoms with E-state index in [9.17, 15) is 27.9 Å². The minimum atomic E-state index is -4.53. The zero-order valence-electron chi connectivity index (χ0n) is 17.7. The number of ether oxygens (including phenoxy) is 1. The molecule has 1 fully saturated rings. The molecule has 0 radical (unpaired) electrons. The molecule has 1 aliphatic heterocycles. The van der Waals surface area contributed by atoms with Crippen molar-refractivity contribution in [1.29, 1.82) is 0 Å². The van der Waals surface area contributed by atoms with Crippen LogP contribution in [0.3, 0.4) is 0 Å². The molecular formula is C23H28F3NO4. The summed E-state index contributed by atoms with van der Waals surface area (Å²) in [6.07, 6.45) is -0.844. The maximum Gasteiger partial charge on any atom is 0.416 e. The number of aliphatic hydroxyl groups excluding tert-OH is 1. The van der Waals surface area contributed by atoms with E-state index in [0.29, 0.717) is 37.3 Å². The van der Waals surface area contributed by atoms with E-state index in [1.54, 1.807) is 19.9 Å². The van der Waals surface area contributed by atoms with Gasteiger partial charge in [-0.05, 0) is 63.6 Å². The Morgan fingerprint density at radius 2 is 1.90 bits per heavy atom. The van der Waals surface area contributed by atoms with Gasteiger partial charge in [0.25, 0.3) is 0 Å². The maximum atomic E-state index is 13.4. The lowest BCUT2D eigenvalue weighted by atomic mass is 9.79. The summed E-state index contributed by atoms with van der Waals surface area (Å²) in [7, 11) is 0. The molecule has 2 aliphatic rings. The van der Waals surface area contributed by atoms with Crippen molar-refractivity contribution in [3.05, 3.63) is 41.1 Å². The lowest BCUT2D eigenvalue weighted by Crippen LogP contribution is -2.40.